The van der Waals surface area contributed by atoms with Gasteiger partial charge in [-0.05, 0) is 47.1 Å². The van der Waals surface area contributed by atoms with Gasteiger partial charge >= 0.3 is 0 Å². The van der Waals surface area contributed by atoms with Crippen molar-refractivity contribution in [1.82, 2.24) is 0 Å². The molecule has 0 spiro atoms. The van der Waals surface area contributed by atoms with Crippen molar-refractivity contribution in [2.24, 2.45) is 5.92 Å². The molecule has 0 heterocycles. The smallest absolute Gasteiger partial charge is 0.0674 e. The molecule has 0 bridgehead atoms. The minimum atomic E-state index is 0.264. The third kappa shape index (κ3) is 1.47. The Hall–Kier alpha value is -2.00. The van der Waals surface area contributed by atoms with Crippen LogP contribution in [0.3, 0.4) is 0 Å². The minimum Gasteiger partial charge on any atom is -0.0858 e. The second-order valence-electron chi connectivity index (χ2n) is 4.56. The zero-order valence-electron chi connectivity index (χ0n) is 10.1. The van der Waals surface area contributed by atoms with E-state index in [1.807, 2.05) is 12.2 Å². The van der Waals surface area contributed by atoms with Gasteiger partial charge in [0.1, 0.15) is 0 Å². The maximum Gasteiger partial charge on any atom is 0.0674 e. The molecule has 2 aliphatic rings. The van der Waals surface area contributed by atoms with Crippen LogP contribution < -0.4 is 10.4 Å². The van der Waals surface area contributed by atoms with Gasteiger partial charge in [0, 0.05) is 0 Å². The summed E-state index contributed by atoms with van der Waals surface area (Å²) >= 11 is 0. The molecule has 0 radical (unpaired) electrons. The van der Waals surface area contributed by atoms with Gasteiger partial charge in [0.15, 0.2) is 0 Å². The van der Waals surface area contributed by atoms with Crippen molar-refractivity contribution >= 4 is 11.1 Å². The highest BCUT2D eigenvalue weighted by Crippen LogP contribution is 2.28. The van der Waals surface area contributed by atoms with Crippen LogP contribution in [0.15, 0.2) is 48.1 Å². The Kier molecular flexibility index (Phi) is 2.27. The predicted octanol–water partition coefficient (Wildman–Crippen LogP) is 2.16. The molecule has 82 valence electrons. The number of fused-ring (bicyclic) bond motifs is 2. The van der Waals surface area contributed by atoms with Crippen LogP contribution in [-0.4, -0.2) is 0 Å². The fourth-order valence-electron chi connectivity index (χ4n) is 2.65. The van der Waals surface area contributed by atoms with Gasteiger partial charge in [-0.1, -0.05) is 48.3 Å². The zero-order valence-corrected chi connectivity index (χ0v) is 10.1. The highest BCUT2D eigenvalue weighted by atomic mass is 14.2. The van der Waals surface area contributed by atoms with E-state index in [0.717, 1.165) is 0 Å². The number of hydrogen-bond acceptors (Lipinski definition) is 0. The van der Waals surface area contributed by atoms with Crippen molar-refractivity contribution in [1.29, 1.82) is 0 Å². The average molecular weight is 218 g/mol. The third-order valence-electron chi connectivity index (χ3n) is 3.62. The topological polar surface area (TPSA) is 0 Å². The number of hydrogen-bond donors (Lipinski definition) is 0. The summed E-state index contributed by atoms with van der Waals surface area (Å²) in [6.45, 7) is 4.40. The highest BCUT2D eigenvalue weighted by Gasteiger charge is 2.20. The first kappa shape index (κ1) is 10.2. The van der Waals surface area contributed by atoms with Crippen molar-refractivity contribution in [3.05, 3.63) is 58.5 Å². The predicted molar refractivity (Wildman–Crippen MR) is 72.3 cm³/mol. The van der Waals surface area contributed by atoms with E-state index in [1.165, 1.54) is 27.2 Å². The van der Waals surface area contributed by atoms with Crippen LogP contribution >= 0.6 is 0 Å². The standard InChI is InChI=1S/C17H14/c1-12-14-8-4-3-5-9-15(14)13(2)17-11-7-6-10-16(12)17/h3-4,6-8,10-11,15H,1-2H3. The van der Waals surface area contributed by atoms with E-state index in [9.17, 15) is 0 Å². The fourth-order valence-corrected chi connectivity index (χ4v) is 2.65. The minimum absolute atomic E-state index is 0.264. The summed E-state index contributed by atoms with van der Waals surface area (Å²) in [6, 6.07) is 8.61. The van der Waals surface area contributed by atoms with Gasteiger partial charge in [-0.3, -0.25) is 0 Å². The Bertz CT molecular complexity index is 715. The summed E-state index contributed by atoms with van der Waals surface area (Å²) in [7, 11) is 0. The summed E-state index contributed by atoms with van der Waals surface area (Å²) in [5, 5.41) is 2.70. The molecular formula is C17H14. The van der Waals surface area contributed by atoms with Gasteiger partial charge in [0.2, 0.25) is 0 Å². The number of allylic oxidation sites excluding steroid dienone is 4. The maximum atomic E-state index is 3.34. The molecular weight excluding hydrogens is 204 g/mol. The van der Waals surface area contributed by atoms with Crippen molar-refractivity contribution in [2.75, 3.05) is 0 Å². The quantitative estimate of drug-likeness (QED) is 0.585. The van der Waals surface area contributed by atoms with Crippen LogP contribution in [-0.2, 0) is 0 Å². The molecule has 0 saturated heterocycles. The van der Waals surface area contributed by atoms with E-state index in [4.69, 9.17) is 0 Å². The third-order valence-corrected chi connectivity index (χ3v) is 3.62. The Morgan fingerprint density at radius 1 is 1.06 bits per heavy atom. The Morgan fingerprint density at radius 3 is 2.65 bits per heavy atom. The van der Waals surface area contributed by atoms with Crippen LogP contribution in [0.4, 0.5) is 0 Å². The fraction of sp³-hybridized carbons (Fsp3) is 0.176. The van der Waals surface area contributed by atoms with Crippen LogP contribution in [0.25, 0.3) is 11.1 Å². The van der Waals surface area contributed by atoms with E-state index in [0.29, 0.717) is 0 Å². The van der Waals surface area contributed by atoms with Gasteiger partial charge in [-0.15, -0.1) is 0 Å². The second-order valence-corrected chi connectivity index (χ2v) is 4.56. The zero-order chi connectivity index (χ0) is 11.8. The lowest BCUT2D eigenvalue weighted by Crippen LogP contribution is -2.34. The van der Waals surface area contributed by atoms with Crippen LogP contribution in [0.5, 0.6) is 0 Å². The molecule has 0 amide bonds. The Labute approximate surface area is 102 Å². The molecule has 1 aromatic carbocycles. The van der Waals surface area contributed by atoms with Gasteiger partial charge < -0.3 is 0 Å². The molecule has 2 aliphatic carbocycles. The number of benzene rings is 1. The van der Waals surface area contributed by atoms with E-state index >= 15 is 0 Å². The lowest BCUT2D eigenvalue weighted by molar-refractivity contribution is 1.03. The monoisotopic (exact) mass is 218 g/mol. The molecule has 0 N–H and O–H groups in total. The Morgan fingerprint density at radius 2 is 1.82 bits per heavy atom. The lowest BCUT2D eigenvalue weighted by Gasteiger charge is -2.21. The van der Waals surface area contributed by atoms with Crippen LogP contribution in [0, 0.1) is 17.8 Å². The number of rotatable bonds is 0. The van der Waals surface area contributed by atoms with E-state index in [2.05, 4.69) is 56.0 Å². The van der Waals surface area contributed by atoms with E-state index < -0.39 is 0 Å². The summed E-state index contributed by atoms with van der Waals surface area (Å²) in [5.74, 6) is 6.72. The molecule has 1 atom stereocenters. The average Bonchev–Trinajstić information content (AvgIpc) is 2.62. The molecule has 1 aromatic rings. The summed E-state index contributed by atoms with van der Waals surface area (Å²) < 4.78 is 0. The molecule has 17 heavy (non-hydrogen) atoms. The van der Waals surface area contributed by atoms with Gasteiger partial charge in [0.25, 0.3) is 0 Å². The van der Waals surface area contributed by atoms with Gasteiger partial charge in [-0.25, -0.2) is 0 Å². The van der Waals surface area contributed by atoms with E-state index in [1.54, 1.807) is 0 Å². The molecule has 3 rings (SSSR count). The first-order valence-electron chi connectivity index (χ1n) is 5.94. The normalized spacial score (nSPS) is 20.8. The summed E-state index contributed by atoms with van der Waals surface area (Å²) in [6.07, 6.45) is 6.16. The molecule has 0 saturated carbocycles. The summed E-state index contributed by atoms with van der Waals surface area (Å²) in [5.41, 5.74) is 4.08. The van der Waals surface area contributed by atoms with Crippen molar-refractivity contribution < 1.29 is 0 Å². The summed E-state index contributed by atoms with van der Waals surface area (Å²) in [4.78, 5) is 0. The SMILES string of the molecule is CC1=c2ccccc2=C(C)C2C#CC=CC=C12. The van der Waals surface area contributed by atoms with E-state index in [-0.39, 0.29) is 5.92 Å². The Balaban J connectivity index is 2.47. The van der Waals surface area contributed by atoms with Crippen molar-refractivity contribution in [2.45, 2.75) is 13.8 Å². The van der Waals surface area contributed by atoms with Gasteiger partial charge in [-0.2, -0.15) is 0 Å². The highest BCUT2D eigenvalue weighted by molar-refractivity contribution is 5.76. The second kappa shape index (κ2) is 3.79. The molecule has 0 fully saturated rings. The first-order chi connectivity index (χ1) is 8.29. The lowest BCUT2D eigenvalue weighted by atomic mass is 9.81. The van der Waals surface area contributed by atoms with Gasteiger partial charge in [0.05, 0.1) is 5.92 Å². The largest absolute Gasteiger partial charge is 0.0858 e. The molecule has 0 aromatic heterocycles. The van der Waals surface area contributed by atoms with Crippen molar-refractivity contribution in [3.63, 3.8) is 0 Å². The molecule has 0 aliphatic heterocycles. The maximum absolute atomic E-state index is 3.34. The van der Waals surface area contributed by atoms with Crippen molar-refractivity contribution in [3.8, 4) is 11.8 Å². The molecule has 0 heteroatoms. The molecule has 0 nitrogen and oxygen atoms in total. The van der Waals surface area contributed by atoms with Crippen LogP contribution in [0.1, 0.15) is 13.8 Å². The molecule has 1 unspecified atom stereocenters. The first-order valence-corrected chi connectivity index (χ1v) is 5.94. The van der Waals surface area contributed by atoms with Crippen LogP contribution in [0.2, 0.25) is 0 Å².